The Morgan fingerprint density at radius 2 is 1.74 bits per heavy atom. The van der Waals surface area contributed by atoms with E-state index in [2.05, 4.69) is 23.6 Å². The molecule has 0 spiro atoms. The molecule has 3 atom stereocenters. The molecule has 0 radical (unpaired) electrons. The molecule has 19 heavy (non-hydrogen) atoms. The van der Waals surface area contributed by atoms with E-state index < -0.39 is 0 Å². The fourth-order valence-electron chi connectivity index (χ4n) is 3.89. The van der Waals surface area contributed by atoms with Crippen LogP contribution in [-0.2, 0) is 0 Å². The van der Waals surface area contributed by atoms with Crippen LogP contribution in [0.4, 0.5) is 0 Å². The van der Waals surface area contributed by atoms with Crippen molar-refractivity contribution in [2.75, 3.05) is 32.7 Å². The van der Waals surface area contributed by atoms with Crippen molar-refractivity contribution in [3.63, 3.8) is 0 Å². The van der Waals surface area contributed by atoms with Gasteiger partial charge in [0.1, 0.15) is 0 Å². The SMILES string of the molecule is CCC(C)N1CCN(C2CCCCCC2CN)CC1. The third-order valence-corrected chi connectivity index (χ3v) is 5.45. The zero-order valence-electron chi connectivity index (χ0n) is 13.0. The van der Waals surface area contributed by atoms with Crippen LogP contribution in [0, 0.1) is 5.92 Å². The van der Waals surface area contributed by atoms with Crippen molar-refractivity contribution in [3.05, 3.63) is 0 Å². The lowest BCUT2D eigenvalue weighted by atomic mass is 9.93. The first-order valence-corrected chi connectivity index (χ1v) is 8.44. The largest absolute Gasteiger partial charge is 0.330 e. The highest BCUT2D eigenvalue weighted by Gasteiger charge is 2.30. The standard InChI is InChI=1S/C16H33N3/c1-3-14(2)18-9-11-19(12-10-18)16-8-6-4-5-7-15(16)13-17/h14-16H,3-13,17H2,1-2H3. The van der Waals surface area contributed by atoms with Crippen molar-refractivity contribution < 1.29 is 0 Å². The van der Waals surface area contributed by atoms with Crippen molar-refractivity contribution in [2.24, 2.45) is 11.7 Å². The van der Waals surface area contributed by atoms with Crippen LogP contribution in [0.1, 0.15) is 52.4 Å². The predicted octanol–water partition coefficient (Wildman–Crippen LogP) is 2.31. The minimum absolute atomic E-state index is 0.748. The number of hydrogen-bond acceptors (Lipinski definition) is 3. The van der Waals surface area contributed by atoms with Gasteiger partial charge in [0, 0.05) is 38.3 Å². The number of hydrogen-bond donors (Lipinski definition) is 1. The van der Waals surface area contributed by atoms with E-state index in [-0.39, 0.29) is 0 Å². The van der Waals surface area contributed by atoms with Gasteiger partial charge in [0.25, 0.3) is 0 Å². The van der Waals surface area contributed by atoms with Crippen LogP contribution in [0.25, 0.3) is 0 Å². The summed E-state index contributed by atoms with van der Waals surface area (Å²) in [6, 6.07) is 1.52. The zero-order valence-corrected chi connectivity index (χ0v) is 13.0. The molecule has 0 amide bonds. The maximum absolute atomic E-state index is 6.03. The van der Waals surface area contributed by atoms with Gasteiger partial charge in [-0.15, -0.1) is 0 Å². The molecule has 112 valence electrons. The highest BCUT2D eigenvalue weighted by molar-refractivity contribution is 4.86. The molecule has 0 aromatic rings. The molecular formula is C16H33N3. The molecule has 3 nitrogen and oxygen atoms in total. The van der Waals surface area contributed by atoms with Gasteiger partial charge in [-0.3, -0.25) is 9.80 Å². The minimum atomic E-state index is 0.748. The van der Waals surface area contributed by atoms with Gasteiger partial charge in [-0.1, -0.05) is 26.2 Å². The van der Waals surface area contributed by atoms with E-state index in [4.69, 9.17) is 5.73 Å². The third-order valence-electron chi connectivity index (χ3n) is 5.45. The van der Waals surface area contributed by atoms with Crippen molar-refractivity contribution in [2.45, 2.75) is 64.5 Å². The molecule has 1 saturated carbocycles. The van der Waals surface area contributed by atoms with Crippen molar-refractivity contribution in [3.8, 4) is 0 Å². The van der Waals surface area contributed by atoms with Crippen LogP contribution in [0.3, 0.4) is 0 Å². The lowest BCUT2D eigenvalue weighted by molar-refractivity contribution is 0.0498. The van der Waals surface area contributed by atoms with Gasteiger partial charge in [0.2, 0.25) is 0 Å². The molecule has 0 bridgehead atoms. The van der Waals surface area contributed by atoms with E-state index in [0.29, 0.717) is 0 Å². The molecular weight excluding hydrogens is 234 g/mol. The first-order chi connectivity index (χ1) is 9.26. The van der Waals surface area contributed by atoms with Gasteiger partial charge in [0.15, 0.2) is 0 Å². The second-order valence-electron chi connectivity index (χ2n) is 6.53. The number of rotatable bonds is 4. The van der Waals surface area contributed by atoms with Crippen LogP contribution in [0.5, 0.6) is 0 Å². The van der Waals surface area contributed by atoms with Crippen LogP contribution in [0.2, 0.25) is 0 Å². The summed E-state index contributed by atoms with van der Waals surface area (Å²) < 4.78 is 0. The lowest BCUT2D eigenvalue weighted by Gasteiger charge is -2.43. The Labute approximate surface area is 119 Å². The lowest BCUT2D eigenvalue weighted by Crippen LogP contribution is -2.54. The van der Waals surface area contributed by atoms with Crippen LogP contribution in [0.15, 0.2) is 0 Å². The van der Waals surface area contributed by atoms with E-state index in [1.165, 1.54) is 64.7 Å². The quantitative estimate of drug-likeness (QED) is 0.793. The topological polar surface area (TPSA) is 32.5 Å². The fraction of sp³-hybridized carbons (Fsp3) is 1.00. The first-order valence-electron chi connectivity index (χ1n) is 8.44. The Kier molecular flexibility index (Phi) is 6.11. The summed E-state index contributed by atoms with van der Waals surface area (Å²) in [5, 5.41) is 0. The zero-order chi connectivity index (χ0) is 13.7. The van der Waals surface area contributed by atoms with Crippen LogP contribution in [-0.4, -0.2) is 54.6 Å². The highest BCUT2D eigenvalue weighted by Crippen LogP contribution is 2.27. The molecule has 1 saturated heterocycles. The summed E-state index contributed by atoms with van der Waals surface area (Å²) in [5.74, 6) is 0.748. The molecule has 1 aliphatic carbocycles. The summed E-state index contributed by atoms with van der Waals surface area (Å²) in [7, 11) is 0. The molecule has 2 aliphatic rings. The summed E-state index contributed by atoms with van der Waals surface area (Å²) in [6.07, 6.45) is 8.23. The Bertz CT molecular complexity index is 248. The van der Waals surface area contributed by atoms with Crippen molar-refractivity contribution >= 4 is 0 Å². The normalized spacial score (nSPS) is 33.0. The van der Waals surface area contributed by atoms with E-state index in [0.717, 1.165) is 24.5 Å². The number of nitrogens with zero attached hydrogens (tertiary/aromatic N) is 2. The van der Waals surface area contributed by atoms with Gasteiger partial charge < -0.3 is 5.73 Å². The Hall–Kier alpha value is -0.120. The van der Waals surface area contributed by atoms with Crippen LogP contribution >= 0.6 is 0 Å². The van der Waals surface area contributed by atoms with Crippen LogP contribution < -0.4 is 5.73 Å². The average molecular weight is 267 g/mol. The van der Waals surface area contributed by atoms with E-state index in [1.54, 1.807) is 0 Å². The summed E-state index contributed by atoms with van der Waals surface area (Å²) in [4.78, 5) is 5.41. The summed E-state index contributed by atoms with van der Waals surface area (Å²) >= 11 is 0. The first kappa shape index (κ1) is 15.3. The molecule has 2 N–H and O–H groups in total. The molecule has 1 aliphatic heterocycles. The van der Waals surface area contributed by atoms with Crippen molar-refractivity contribution in [1.82, 2.24) is 9.80 Å². The van der Waals surface area contributed by atoms with Gasteiger partial charge >= 0.3 is 0 Å². The second-order valence-corrected chi connectivity index (χ2v) is 6.53. The van der Waals surface area contributed by atoms with Gasteiger partial charge in [0.05, 0.1) is 0 Å². The molecule has 0 aromatic heterocycles. The van der Waals surface area contributed by atoms with E-state index in [9.17, 15) is 0 Å². The van der Waals surface area contributed by atoms with E-state index in [1.807, 2.05) is 0 Å². The van der Waals surface area contributed by atoms with Gasteiger partial charge in [-0.05, 0) is 38.6 Å². The molecule has 2 fully saturated rings. The highest BCUT2D eigenvalue weighted by atomic mass is 15.3. The minimum Gasteiger partial charge on any atom is -0.330 e. The Morgan fingerprint density at radius 1 is 1.05 bits per heavy atom. The predicted molar refractivity (Wildman–Crippen MR) is 82.3 cm³/mol. The maximum atomic E-state index is 6.03. The molecule has 2 rings (SSSR count). The molecule has 0 aromatic carbocycles. The Morgan fingerprint density at radius 3 is 2.37 bits per heavy atom. The maximum Gasteiger partial charge on any atom is 0.0137 e. The van der Waals surface area contributed by atoms with Crippen molar-refractivity contribution in [1.29, 1.82) is 0 Å². The monoisotopic (exact) mass is 267 g/mol. The Balaban J connectivity index is 1.88. The third kappa shape index (κ3) is 3.93. The number of piperazine rings is 1. The van der Waals surface area contributed by atoms with E-state index >= 15 is 0 Å². The van der Waals surface area contributed by atoms with Gasteiger partial charge in [-0.2, -0.15) is 0 Å². The summed E-state index contributed by atoms with van der Waals surface area (Å²) in [6.45, 7) is 10.6. The molecule has 3 heteroatoms. The molecule has 1 heterocycles. The average Bonchev–Trinajstić information content (AvgIpc) is 2.71. The molecule has 3 unspecified atom stereocenters. The number of nitrogens with two attached hydrogens (primary N) is 1. The fourth-order valence-corrected chi connectivity index (χ4v) is 3.89. The summed E-state index contributed by atoms with van der Waals surface area (Å²) in [5.41, 5.74) is 6.03. The smallest absolute Gasteiger partial charge is 0.0137 e. The van der Waals surface area contributed by atoms with Gasteiger partial charge in [-0.25, -0.2) is 0 Å². The second kappa shape index (κ2) is 7.61.